The van der Waals surface area contributed by atoms with Gasteiger partial charge in [0.2, 0.25) is 10.0 Å². The van der Waals surface area contributed by atoms with Crippen LogP contribution in [0.2, 0.25) is 0 Å². The van der Waals surface area contributed by atoms with Crippen LogP contribution in [0.3, 0.4) is 0 Å². The second-order valence-corrected chi connectivity index (χ2v) is 10.5. The van der Waals surface area contributed by atoms with Crippen molar-refractivity contribution >= 4 is 21.6 Å². The van der Waals surface area contributed by atoms with Gasteiger partial charge in [0.1, 0.15) is 18.0 Å². The lowest BCUT2D eigenvalue weighted by molar-refractivity contribution is 0.0697. The first-order valence-electron chi connectivity index (χ1n) is 11.4. The maximum absolute atomic E-state index is 13.1. The van der Waals surface area contributed by atoms with Crippen molar-refractivity contribution < 1.29 is 17.9 Å². The molecule has 1 amide bonds. The predicted molar refractivity (Wildman–Crippen MR) is 132 cm³/mol. The third kappa shape index (κ3) is 4.91. The lowest BCUT2D eigenvalue weighted by atomic mass is 10.1. The molecule has 1 saturated heterocycles. The molecule has 35 heavy (non-hydrogen) atoms. The number of sulfonamides is 1. The molecule has 3 heterocycles. The van der Waals surface area contributed by atoms with Crippen molar-refractivity contribution in [1.82, 2.24) is 18.6 Å². The van der Waals surface area contributed by atoms with E-state index in [0.29, 0.717) is 24.4 Å². The van der Waals surface area contributed by atoms with E-state index < -0.39 is 10.0 Å². The van der Waals surface area contributed by atoms with E-state index in [1.165, 1.54) is 4.31 Å². The van der Waals surface area contributed by atoms with E-state index in [9.17, 15) is 13.2 Å². The summed E-state index contributed by atoms with van der Waals surface area (Å²) in [7, 11) is -3.58. The standard InChI is InChI=1S/C26H26N4O4S/c1-20-8-10-24(11-9-20)35(32,33)30-15-13-28(14-16-30)26(31)21-5-4-6-23(17-21)34-19-22-18-29-12-3-2-7-25(29)27-22/h2-12,17-18H,13-16,19H2,1H3. The van der Waals surface area contributed by atoms with Crippen LogP contribution in [0.5, 0.6) is 5.75 Å². The Morgan fingerprint density at radius 2 is 1.74 bits per heavy atom. The Labute approximate surface area is 204 Å². The highest BCUT2D eigenvalue weighted by Crippen LogP contribution is 2.21. The van der Waals surface area contributed by atoms with Gasteiger partial charge in [-0.15, -0.1) is 0 Å². The molecular weight excluding hydrogens is 464 g/mol. The number of fused-ring (bicyclic) bond motifs is 1. The van der Waals surface area contributed by atoms with Gasteiger partial charge in [0.25, 0.3) is 5.91 Å². The lowest BCUT2D eigenvalue weighted by Gasteiger charge is -2.34. The molecule has 0 unspecified atom stereocenters. The predicted octanol–water partition coefficient (Wildman–Crippen LogP) is 3.37. The number of nitrogens with zero attached hydrogens (tertiary/aromatic N) is 4. The van der Waals surface area contributed by atoms with Gasteiger partial charge in [-0.1, -0.05) is 29.8 Å². The number of benzene rings is 2. The molecule has 2 aromatic heterocycles. The van der Waals surface area contributed by atoms with E-state index in [0.717, 1.165) is 16.9 Å². The summed E-state index contributed by atoms with van der Waals surface area (Å²) < 4.78 is 35.1. The summed E-state index contributed by atoms with van der Waals surface area (Å²) in [4.78, 5) is 19.6. The highest BCUT2D eigenvalue weighted by atomic mass is 32.2. The molecular formula is C26H26N4O4S. The number of hydrogen-bond donors (Lipinski definition) is 0. The molecule has 0 aliphatic carbocycles. The van der Waals surface area contributed by atoms with Gasteiger partial charge in [-0.3, -0.25) is 4.79 Å². The first-order valence-corrected chi connectivity index (χ1v) is 12.9. The SMILES string of the molecule is Cc1ccc(S(=O)(=O)N2CCN(C(=O)c3cccc(OCc4cn5ccccc5n4)c3)CC2)cc1. The van der Waals surface area contributed by atoms with Crippen molar-refractivity contribution in [3.8, 4) is 5.75 Å². The van der Waals surface area contributed by atoms with E-state index in [1.54, 1.807) is 53.4 Å². The zero-order chi connectivity index (χ0) is 24.4. The number of aryl methyl sites for hydroxylation is 1. The highest BCUT2D eigenvalue weighted by Gasteiger charge is 2.30. The monoisotopic (exact) mass is 490 g/mol. The van der Waals surface area contributed by atoms with Crippen LogP contribution in [0.4, 0.5) is 0 Å². The maximum Gasteiger partial charge on any atom is 0.254 e. The minimum atomic E-state index is -3.58. The van der Waals surface area contributed by atoms with Crippen LogP contribution in [-0.2, 0) is 16.6 Å². The Kier molecular flexibility index (Phi) is 6.27. The normalized spacial score (nSPS) is 14.8. The summed E-state index contributed by atoms with van der Waals surface area (Å²) in [6, 6.07) is 19.7. The Morgan fingerprint density at radius 3 is 2.49 bits per heavy atom. The topological polar surface area (TPSA) is 84.2 Å². The van der Waals surface area contributed by atoms with Gasteiger partial charge >= 0.3 is 0 Å². The van der Waals surface area contributed by atoms with Gasteiger partial charge in [-0.25, -0.2) is 13.4 Å². The number of ether oxygens (including phenoxy) is 1. The number of imidazole rings is 1. The van der Waals surface area contributed by atoms with Crippen LogP contribution in [0.15, 0.2) is 84.0 Å². The summed E-state index contributed by atoms with van der Waals surface area (Å²) in [6.07, 6.45) is 3.84. The van der Waals surface area contributed by atoms with Crippen molar-refractivity contribution in [3.05, 3.63) is 95.9 Å². The summed E-state index contributed by atoms with van der Waals surface area (Å²) in [5.41, 5.74) is 3.15. The zero-order valence-corrected chi connectivity index (χ0v) is 20.2. The van der Waals surface area contributed by atoms with Gasteiger partial charge in [0.05, 0.1) is 10.6 Å². The van der Waals surface area contributed by atoms with Crippen LogP contribution in [0, 0.1) is 6.92 Å². The number of carbonyl (C=O) groups excluding carboxylic acids is 1. The van der Waals surface area contributed by atoms with Gasteiger partial charge in [-0.2, -0.15) is 4.31 Å². The van der Waals surface area contributed by atoms with Gasteiger partial charge in [-0.05, 0) is 49.4 Å². The smallest absolute Gasteiger partial charge is 0.254 e. The van der Waals surface area contributed by atoms with E-state index in [-0.39, 0.29) is 30.5 Å². The van der Waals surface area contributed by atoms with Crippen molar-refractivity contribution in [2.75, 3.05) is 26.2 Å². The third-order valence-corrected chi connectivity index (χ3v) is 7.98. The van der Waals surface area contributed by atoms with Gasteiger partial charge in [0.15, 0.2) is 0 Å². The Balaban J connectivity index is 1.21. The molecule has 0 N–H and O–H groups in total. The molecule has 1 aliphatic heterocycles. The molecule has 0 spiro atoms. The number of hydrogen-bond acceptors (Lipinski definition) is 5. The lowest BCUT2D eigenvalue weighted by Crippen LogP contribution is -2.50. The quantitative estimate of drug-likeness (QED) is 0.414. The second kappa shape index (κ2) is 9.52. The van der Waals surface area contributed by atoms with Crippen LogP contribution in [0.1, 0.15) is 21.6 Å². The van der Waals surface area contributed by atoms with E-state index in [4.69, 9.17) is 4.74 Å². The van der Waals surface area contributed by atoms with Gasteiger partial charge in [0, 0.05) is 44.1 Å². The molecule has 9 heteroatoms. The Hall–Kier alpha value is -3.69. The fourth-order valence-corrected chi connectivity index (χ4v) is 5.53. The molecule has 1 fully saturated rings. The fourth-order valence-electron chi connectivity index (χ4n) is 4.11. The number of pyridine rings is 1. The third-order valence-electron chi connectivity index (χ3n) is 6.07. The highest BCUT2D eigenvalue weighted by molar-refractivity contribution is 7.89. The maximum atomic E-state index is 13.1. The molecule has 0 radical (unpaired) electrons. The average molecular weight is 491 g/mol. The van der Waals surface area contributed by atoms with Crippen molar-refractivity contribution in [2.24, 2.45) is 0 Å². The zero-order valence-electron chi connectivity index (χ0n) is 19.4. The first-order chi connectivity index (χ1) is 16.9. The molecule has 4 aromatic rings. The van der Waals surface area contributed by atoms with Crippen molar-refractivity contribution in [1.29, 1.82) is 0 Å². The molecule has 180 valence electrons. The molecule has 8 nitrogen and oxygen atoms in total. The summed E-state index contributed by atoms with van der Waals surface area (Å²) in [5, 5.41) is 0. The second-order valence-electron chi connectivity index (χ2n) is 8.52. The molecule has 1 aliphatic rings. The van der Waals surface area contributed by atoms with Crippen LogP contribution in [-0.4, -0.2) is 59.1 Å². The molecule has 5 rings (SSSR count). The van der Waals surface area contributed by atoms with Crippen LogP contribution >= 0.6 is 0 Å². The minimum absolute atomic E-state index is 0.143. The van der Waals surface area contributed by atoms with Crippen molar-refractivity contribution in [2.45, 2.75) is 18.4 Å². The first kappa shape index (κ1) is 23.1. The number of piperazine rings is 1. The number of rotatable bonds is 6. The number of amides is 1. The molecule has 0 atom stereocenters. The number of aromatic nitrogens is 2. The van der Waals surface area contributed by atoms with E-state index in [1.807, 2.05) is 41.9 Å². The Morgan fingerprint density at radius 1 is 0.971 bits per heavy atom. The van der Waals surface area contributed by atoms with Crippen LogP contribution in [0.25, 0.3) is 5.65 Å². The van der Waals surface area contributed by atoms with Gasteiger partial charge < -0.3 is 14.0 Å². The van der Waals surface area contributed by atoms with Crippen molar-refractivity contribution in [3.63, 3.8) is 0 Å². The van der Waals surface area contributed by atoms with E-state index >= 15 is 0 Å². The minimum Gasteiger partial charge on any atom is -0.487 e. The summed E-state index contributed by atoms with van der Waals surface area (Å²) in [6.45, 7) is 3.37. The number of carbonyl (C=O) groups is 1. The largest absolute Gasteiger partial charge is 0.487 e. The fraction of sp³-hybridized carbons (Fsp3) is 0.231. The summed E-state index contributed by atoms with van der Waals surface area (Å²) in [5.74, 6) is 0.434. The Bertz CT molecular complexity index is 1420. The molecule has 0 saturated carbocycles. The van der Waals surface area contributed by atoms with Crippen LogP contribution < -0.4 is 4.74 Å². The summed E-state index contributed by atoms with van der Waals surface area (Å²) >= 11 is 0. The van der Waals surface area contributed by atoms with E-state index in [2.05, 4.69) is 4.98 Å². The average Bonchev–Trinajstić information content (AvgIpc) is 3.31. The molecule has 0 bridgehead atoms. The molecule has 2 aromatic carbocycles.